The van der Waals surface area contributed by atoms with Gasteiger partial charge in [-0.15, -0.1) is 0 Å². The normalized spacial score (nSPS) is 11.8. The standard InChI is InChI=1S/C36H40ClN3O5S/c1-4-23-38-36(42)33(24-28-11-7-6-8-12-28)39(25-29-17-19-30(37)20-18-29)35(41)26-40(32-13-9-10-14-34(32)45-5-2)46(43,44)31-21-15-27(3)16-22-31/h6-22,33H,4-5,23-26H2,1-3H3,(H,38,42)/t33-/m0/s1. The van der Waals surface area contributed by atoms with Crippen LogP contribution in [0.15, 0.2) is 108 Å². The number of sulfonamides is 1. The van der Waals surface area contributed by atoms with Crippen molar-refractivity contribution in [2.45, 2.75) is 51.1 Å². The van der Waals surface area contributed by atoms with Crippen LogP contribution in [0.1, 0.15) is 37.0 Å². The van der Waals surface area contributed by atoms with E-state index in [1.165, 1.54) is 17.0 Å². The molecule has 0 saturated carbocycles. The van der Waals surface area contributed by atoms with E-state index in [9.17, 15) is 18.0 Å². The molecule has 2 amide bonds. The maximum absolute atomic E-state index is 14.6. The van der Waals surface area contributed by atoms with E-state index in [0.29, 0.717) is 30.3 Å². The van der Waals surface area contributed by atoms with Gasteiger partial charge in [0.15, 0.2) is 0 Å². The molecular weight excluding hydrogens is 622 g/mol. The van der Waals surface area contributed by atoms with Crippen molar-refractivity contribution in [1.82, 2.24) is 10.2 Å². The van der Waals surface area contributed by atoms with Crippen molar-refractivity contribution in [2.24, 2.45) is 0 Å². The van der Waals surface area contributed by atoms with E-state index in [1.807, 2.05) is 44.2 Å². The number of nitrogens with one attached hydrogen (secondary N) is 1. The number of ether oxygens (including phenoxy) is 1. The van der Waals surface area contributed by atoms with Crippen LogP contribution in [0, 0.1) is 6.92 Å². The van der Waals surface area contributed by atoms with Gasteiger partial charge in [0.25, 0.3) is 10.0 Å². The fourth-order valence-electron chi connectivity index (χ4n) is 5.00. The Morgan fingerprint density at radius 1 is 0.848 bits per heavy atom. The van der Waals surface area contributed by atoms with Gasteiger partial charge in [0.1, 0.15) is 18.3 Å². The quantitative estimate of drug-likeness (QED) is 0.159. The number of hydrogen-bond acceptors (Lipinski definition) is 5. The van der Waals surface area contributed by atoms with E-state index in [1.54, 1.807) is 67.6 Å². The van der Waals surface area contributed by atoms with Gasteiger partial charge in [-0.3, -0.25) is 13.9 Å². The number of rotatable bonds is 15. The Hall–Kier alpha value is -4.34. The first kappa shape index (κ1) is 34.5. The molecule has 0 aliphatic rings. The lowest BCUT2D eigenvalue weighted by Crippen LogP contribution is -2.53. The molecule has 242 valence electrons. The molecule has 0 aliphatic heterocycles. The molecule has 4 aromatic carbocycles. The number of halogens is 1. The summed E-state index contributed by atoms with van der Waals surface area (Å²) in [4.78, 5) is 29.8. The zero-order valence-electron chi connectivity index (χ0n) is 26.4. The Labute approximate surface area is 277 Å². The predicted molar refractivity (Wildman–Crippen MR) is 183 cm³/mol. The Bertz CT molecular complexity index is 1700. The highest BCUT2D eigenvalue weighted by atomic mass is 35.5. The zero-order valence-corrected chi connectivity index (χ0v) is 27.9. The van der Waals surface area contributed by atoms with Crippen molar-refractivity contribution < 1.29 is 22.7 Å². The molecule has 10 heteroatoms. The second-order valence-electron chi connectivity index (χ2n) is 10.9. The first-order chi connectivity index (χ1) is 22.1. The number of nitrogens with zero attached hydrogens (tertiary/aromatic N) is 2. The zero-order chi connectivity index (χ0) is 33.1. The number of para-hydroxylation sites is 2. The number of benzene rings is 4. The number of anilines is 1. The van der Waals surface area contributed by atoms with Crippen LogP contribution >= 0.6 is 11.6 Å². The first-order valence-corrected chi connectivity index (χ1v) is 17.1. The minimum Gasteiger partial charge on any atom is -0.492 e. The molecule has 4 rings (SSSR count). The van der Waals surface area contributed by atoms with Crippen molar-refractivity contribution in [3.05, 3.63) is 125 Å². The van der Waals surface area contributed by atoms with Crippen LogP contribution in [-0.4, -0.2) is 50.9 Å². The van der Waals surface area contributed by atoms with E-state index >= 15 is 0 Å². The van der Waals surface area contributed by atoms with Gasteiger partial charge in [-0.25, -0.2) is 8.42 Å². The van der Waals surface area contributed by atoms with Crippen molar-refractivity contribution in [1.29, 1.82) is 0 Å². The van der Waals surface area contributed by atoms with Gasteiger partial charge in [0.05, 0.1) is 17.2 Å². The number of carbonyl (C=O) groups excluding carboxylic acids is 2. The third kappa shape index (κ3) is 8.89. The van der Waals surface area contributed by atoms with E-state index in [0.717, 1.165) is 21.0 Å². The summed E-state index contributed by atoms with van der Waals surface area (Å²) in [6, 6.07) is 28.7. The number of hydrogen-bond donors (Lipinski definition) is 1. The van der Waals surface area contributed by atoms with E-state index in [4.69, 9.17) is 16.3 Å². The van der Waals surface area contributed by atoms with Gasteiger partial charge < -0.3 is 15.0 Å². The summed E-state index contributed by atoms with van der Waals surface area (Å²) in [5, 5.41) is 3.48. The topological polar surface area (TPSA) is 96.0 Å². The second-order valence-corrected chi connectivity index (χ2v) is 13.2. The molecular formula is C36H40ClN3O5S. The van der Waals surface area contributed by atoms with Crippen LogP contribution in [0.25, 0.3) is 0 Å². The van der Waals surface area contributed by atoms with Crippen molar-refractivity contribution in [3.8, 4) is 5.75 Å². The summed E-state index contributed by atoms with van der Waals surface area (Å²) in [5.41, 5.74) is 2.72. The highest BCUT2D eigenvalue weighted by Crippen LogP contribution is 2.33. The van der Waals surface area contributed by atoms with Crippen LogP contribution in [0.5, 0.6) is 5.75 Å². The molecule has 1 N–H and O–H groups in total. The van der Waals surface area contributed by atoms with Crippen LogP contribution in [0.2, 0.25) is 5.02 Å². The maximum atomic E-state index is 14.6. The van der Waals surface area contributed by atoms with Gasteiger partial charge in [-0.1, -0.05) is 90.8 Å². The van der Waals surface area contributed by atoms with E-state index in [-0.39, 0.29) is 29.5 Å². The molecule has 0 aromatic heterocycles. The average Bonchev–Trinajstić information content (AvgIpc) is 3.06. The van der Waals surface area contributed by atoms with Gasteiger partial charge in [0.2, 0.25) is 11.8 Å². The summed E-state index contributed by atoms with van der Waals surface area (Å²) in [5.74, 6) is -0.556. The summed E-state index contributed by atoms with van der Waals surface area (Å²) in [6.45, 7) is 5.84. The lowest BCUT2D eigenvalue weighted by molar-refractivity contribution is -0.140. The van der Waals surface area contributed by atoms with Gasteiger partial charge in [-0.05, 0) is 67.8 Å². The van der Waals surface area contributed by atoms with Crippen LogP contribution < -0.4 is 14.4 Å². The fraction of sp³-hybridized carbons (Fsp3) is 0.278. The Morgan fingerprint density at radius 2 is 1.50 bits per heavy atom. The van der Waals surface area contributed by atoms with Gasteiger partial charge in [0, 0.05) is 24.5 Å². The van der Waals surface area contributed by atoms with Crippen molar-refractivity contribution in [2.75, 3.05) is 24.0 Å². The first-order valence-electron chi connectivity index (χ1n) is 15.3. The lowest BCUT2D eigenvalue weighted by Gasteiger charge is -2.34. The van der Waals surface area contributed by atoms with Crippen LogP contribution in [0.4, 0.5) is 5.69 Å². The number of carbonyl (C=O) groups is 2. The summed E-state index contributed by atoms with van der Waals surface area (Å²) in [7, 11) is -4.25. The minimum atomic E-state index is -4.25. The largest absolute Gasteiger partial charge is 0.492 e. The highest BCUT2D eigenvalue weighted by Gasteiger charge is 2.35. The van der Waals surface area contributed by atoms with Crippen LogP contribution in [-0.2, 0) is 32.6 Å². The maximum Gasteiger partial charge on any atom is 0.264 e. The molecule has 8 nitrogen and oxygen atoms in total. The predicted octanol–water partition coefficient (Wildman–Crippen LogP) is 6.41. The van der Waals surface area contributed by atoms with E-state index < -0.39 is 28.5 Å². The van der Waals surface area contributed by atoms with E-state index in [2.05, 4.69) is 5.32 Å². The fourth-order valence-corrected chi connectivity index (χ4v) is 6.55. The summed E-state index contributed by atoms with van der Waals surface area (Å²) < 4.78 is 35.5. The Balaban J connectivity index is 1.82. The van der Waals surface area contributed by atoms with Gasteiger partial charge in [-0.2, -0.15) is 0 Å². The molecule has 1 atom stereocenters. The third-order valence-corrected chi connectivity index (χ3v) is 9.43. The SMILES string of the molecule is CCCNC(=O)[C@H](Cc1ccccc1)N(Cc1ccc(Cl)cc1)C(=O)CN(c1ccccc1OCC)S(=O)(=O)c1ccc(C)cc1. The average molecular weight is 662 g/mol. The third-order valence-electron chi connectivity index (χ3n) is 7.41. The second kappa shape index (κ2) is 16.3. The molecule has 46 heavy (non-hydrogen) atoms. The molecule has 0 fully saturated rings. The smallest absolute Gasteiger partial charge is 0.264 e. The molecule has 0 heterocycles. The molecule has 0 radical (unpaired) electrons. The van der Waals surface area contributed by atoms with Crippen molar-refractivity contribution in [3.63, 3.8) is 0 Å². The Morgan fingerprint density at radius 3 is 2.15 bits per heavy atom. The molecule has 0 saturated heterocycles. The summed E-state index contributed by atoms with van der Waals surface area (Å²) in [6.07, 6.45) is 0.946. The summed E-state index contributed by atoms with van der Waals surface area (Å²) >= 11 is 6.15. The Kier molecular flexibility index (Phi) is 12.2. The highest BCUT2D eigenvalue weighted by molar-refractivity contribution is 7.92. The minimum absolute atomic E-state index is 0.0305. The molecule has 0 bridgehead atoms. The van der Waals surface area contributed by atoms with Crippen molar-refractivity contribution >= 4 is 39.1 Å². The molecule has 0 spiro atoms. The molecule has 4 aromatic rings. The molecule has 0 aliphatic carbocycles. The lowest BCUT2D eigenvalue weighted by atomic mass is 10.0. The molecule has 0 unspecified atom stereocenters. The van der Waals surface area contributed by atoms with Gasteiger partial charge >= 0.3 is 0 Å². The van der Waals surface area contributed by atoms with Crippen LogP contribution in [0.3, 0.4) is 0 Å². The number of aryl methyl sites for hydroxylation is 1. The monoisotopic (exact) mass is 661 g/mol. The number of amides is 2.